The van der Waals surface area contributed by atoms with Crippen molar-refractivity contribution in [2.45, 2.75) is 39.5 Å². The van der Waals surface area contributed by atoms with Gasteiger partial charge in [-0.2, -0.15) is 0 Å². The molecule has 0 aliphatic heterocycles. The summed E-state index contributed by atoms with van der Waals surface area (Å²) in [5.74, 6) is 0. The zero-order valence-corrected chi connectivity index (χ0v) is 9.46. The van der Waals surface area contributed by atoms with Gasteiger partial charge in [-0.15, -0.1) is 0 Å². The maximum absolute atomic E-state index is 3.06. The van der Waals surface area contributed by atoms with Gasteiger partial charge in [-0.05, 0) is 0 Å². The number of unbranched alkanes of at least 4 members (excludes halogenated alkanes) is 3. The molecule has 0 saturated carbocycles. The maximum atomic E-state index is 3.06. The van der Waals surface area contributed by atoms with Gasteiger partial charge in [0.2, 0.25) is 0 Å². The Kier molecular flexibility index (Phi) is 22.4. The van der Waals surface area contributed by atoms with Crippen LogP contribution in [0.25, 0.3) is 0 Å². The van der Waals surface area contributed by atoms with Gasteiger partial charge in [0.1, 0.15) is 0 Å². The summed E-state index contributed by atoms with van der Waals surface area (Å²) in [6, 6.07) is 0. The highest BCUT2D eigenvalue weighted by Gasteiger charge is 1.75. The van der Waals surface area contributed by atoms with Crippen molar-refractivity contribution in [1.29, 1.82) is 0 Å². The minimum absolute atomic E-state index is 0.875. The van der Waals surface area contributed by atoms with Crippen molar-refractivity contribution in [3.63, 3.8) is 0 Å². The fourth-order valence-corrected chi connectivity index (χ4v) is 0.500. The minimum Gasteiger partial charge on any atom is -0.0802 e. The molecule has 2 heteroatoms. The van der Waals surface area contributed by atoms with Crippen molar-refractivity contribution >= 4 is 31.9 Å². The molecule has 0 amide bonds. The van der Waals surface area contributed by atoms with Crippen molar-refractivity contribution in [3.05, 3.63) is 0 Å². The summed E-state index contributed by atoms with van der Waals surface area (Å²) < 4.78 is 0.875. The van der Waals surface area contributed by atoms with E-state index in [1.54, 1.807) is 0 Å². The summed E-state index contributed by atoms with van der Waals surface area (Å²) in [6.45, 7) is 4.46. The van der Waals surface area contributed by atoms with Gasteiger partial charge in [0.25, 0.3) is 0 Å². The Morgan fingerprint density at radius 1 is 0.889 bits per heavy atom. The normalized spacial score (nSPS) is 8.00. The summed E-state index contributed by atoms with van der Waals surface area (Å²) in [5.41, 5.74) is 0. The second-order valence-corrected chi connectivity index (χ2v) is 4.43. The number of hydrogen-bond acceptors (Lipinski definition) is 0. The van der Waals surface area contributed by atoms with E-state index in [2.05, 4.69) is 45.7 Å². The van der Waals surface area contributed by atoms with Crippen LogP contribution < -0.4 is 0 Å². The van der Waals surface area contributed by atoms with Crippen LogP contribution in [0, 0.1) is 0 Å². The second kappa shape index (κ2) is 16.0. The van der Waals surface area contributed by atoms with E-state index in [0.717, 1.165) is 4.24 Å². The first-order valence-electron chi connectivity index (χ1n) is 3.45. The molecule has 0 rings (SSSR count). The van der Waals surface area contributed by atoms with Gasteiger partial charge in [0.15, 0.2) is 0 Å². The zero-order valence-electron chi connectivity index (χ0n) is 6.29. The molecule has 0 aromatic rings. The van der Waals surface area contributed by atoms with Crippen LogP contribution in [0.2, 0.25) is 0 Å². The van der Waals surface area contributed by atoms with Crippen molar-refractivity contribution in [3.8, 4) is 0 Å². The van der Waals surface area contributed by atoms with Gasteiger partial charge >= 0.3 is 0 Å². The second-order valence-electron chi connectivity index (χ2n) is 1.81. The zero-order chi connectivity index (χ0) is 7.54. The van der Waals surface area contributed by atoms with Crippen LogP contribution in [0.1, 0.15) is 39.5 Å². The summed E-state index contributed by atoms with van der Waals surface area (Å²) >= 11 is 6.12. The lowest BCUT2D eigenvalue weighted by Gasteiger charge is -1.86. The van der Waals surface area contributed by atoms with Crippen molar-refractivity contribution in [2.75, 3.05) is 4.24 Å². The van der Waals surface area contributed by atoms with E-state index in [1.807, 2.05) is 0 Å². The third-order valence-electron chi connectivity index (χ3n) is 0.957. The minimum atomic E-state index is 0.875. The molecule has 0 aromatic heterocycles. The molecule has 0 heterocycles. The van der Waals surface area contributed by atoms with Gasteiger partial charge < -0.3 is 0 Å². The van der Waals surface area contributed by atoms with Gasteiger partial charge in [-0.3, -0.25) is 0 Å². The Balaban J connectivity index is 0. The molecule has 0 aromatic carbocycles. The van der Waals surface area contributed by atoms with Gasteiger partial charge in [-0.25, -0.2) is 0 Å². The lowest BCUT2D eigenvalue weighted by atomic mass is 10.2. The van der Waals surface area contributed by atoms with Crippen molar-refractivity contribution in [2.24, 2.45) is 0 Å². The van der Waals surface area contributed by atoms with E-state index in [-0.39, 0.29) is 0 Å². The van der Waals surface area contributed by atoms with Gasteiger partial charge in [0.05, 0.1) is 4.24 Å². The van der Waals surface area contributed by atoms with Crippen LogP contribution in [-0.4, -0.2) is 4.24 Å². The predicted octanol–water partition coefficient (Wildman–Crippen LogP) is 4.32. The molecule has 0 bridgehead atoms. The molecule has 0 unspecified atom stereocenters. The van der Waals surface area contributed by atoms with Crippen molar-refractivity contribution < 1.29 is 0 Å². The average molecular weight is 260 g/mol. The summed E-state index contributed by atoms with van der Waals surface area (Å²) in [6.07, 6.45) is 5.54. The molecule has 0 radical (unpaired) electrons. The van der Waals surface area contributed by atoms with Crippen LogP contribution in [0.3, 0.4) is 0 Å². The van der Waals surface area contributed by atoms with Crippen LogP contribution in [-0.2, 0) is 0 Å². The van der Waals surface area contributed by atoms with Gasteiger partial charge in [0, 0.05) is 0 Å². The maximum Gasteiger partial charge on any atom is 0.0588 e. The van der Waals surface area contributed by atoms with Crippen LogP contribution >= 0.6 is 31.9 Å². The highest BCUT2D eigenvalue weighted by Crippen LogP contribution is 1.95. The third-order valence-corrected chi connectivity index (χ3v) is 0.957. The quantitative estimate of drug-likeness (QED) is 0.523. The molecule has 0 spiro atoms. The number of halogens is 2. The molecule has 0 saturated heterocycles. The van der Waals surface area contributed by atoms with E-state index in [4.69, 9.17) is 0 Å². The highest BCUT2D eigenvalue weighted by atomic mass is 79.9. The fourth-order valence-electron chi connectivity index (χ4n) is 0.500. The van der Waals surface area contributed by atoms with E-state index in [9.17, 15) is 0 Å². The molecule has 0 N–H and O–H groups in total. The Bertz CT molecular complexity index is 26.1. The first-order valence-corrected chi connectivity index (χ1v) is 5.69. The fraction of sp³-hybridized carbons (Fsp3) is 1.00. The van der Waals surface area contributed by atoms with Gasteiger partial charge in [-0.1, -0.05) is 71.4 Å². The summed E-state index contributed by atoms with van der Waals surface area (Å²) in [4.78, 5) is 0. The molecule has 0 aliphatic rings. The topological polar surface area (TPSA) is 0 Å². The highest BCUT2D eigenvalue weighted by molar-refractivity contribution is 9.24. The molecular weight excluding hydrogens is 244 g/mol. The molecule has 0 aliphatic carbocycles. The molecule has 0 atom stereocenters. The molecule has 0 nitrogen and oxygen atoms in total. The number of hydrogen-bond donors (Lipinski definition) is 0. The van der Waals surface area contributed by atoms with Crippen molar-refractivity contribution in [1.82, 2.24) is 0 Å². The predicted molar refractivity (Wildman–Crippen MR) is 52.5 cm³/mol. The standard InChI is InChI=1S/C6H14.CH2Br2/c1-3-5-6-4-2;2-1-3/h3-6H2,1-2H3;1H2. The molecule has 0 fully saturated rings. The lowest BCUT2D eigenvalue weighted by molar-refractivity contribution is 0.702. The largest absolute Gasteiger partial charge is 0.0802 e. The van der Waals surface area contributed by atoms with Crippen LogP contribution in [0.15, 0.2) is 0 Å². The van der Waals surface area contributed by atoms with E-state index in [1.165, 1.54) is 25.7 Å². The SMILES string of the molecule is BrCBr.CCCCCC. The Morgan fingerprint density at radius 2 is 1.11 bits per heavy atom. The summed E-state index contributed by atoms with van der Waals surface area (Å²) in [5, 5.41) is 0. The lowest BCUT2D eigenvalue weighted by Crippen LogP contribution is -1.66. The van der Waals surface area contributed by atoms with Crippen LogP contribution in [0.5, 0.6) is 0 Å². The Morgan fingerprint density at radius 3 is 1.22 bits per heavy atom. The molecule has 58 valence electrons. The first kappa shape index (κ1) is 12.6. The molecular formula is C7H16Br2. The Hall–Kier alpha value is 0.960. The number of alkyl halides is 2. The van der Waals surface area contributed by atoms with E-state index >= 15 is 0 Å². The third kappa shape index (κ3) is 27.7. The van der Waals surface area contributed by atoms with Crippen LogP contribution in [0.4, 0.5) is 0 Å². The number of rotatable bonds is 3. The smallest absolute Gasteiger partial charge is 0.0588 e. The monoisotopic (exact) mass is 258 g/mol. The Labute approximate surface area is 75.7 Å². The average Bonchev–Trinajstić information content (AvgIpc) is 1.86. The summed E-state index contributed by atoms with van der Waals surface area (Å²) in [7, 11) is 0. The van der Waals surface area contributed by atoms with E-state index < -0.39 is 0 Å². The first-order chi connectivity index (χ1) is 4.33. The molecule has 9 heavy (non-hydrogen) atoms. The van der Waals surface area contributed by atoms with E-state index in [0.29, 0.717) is 0 Å².